The zero-order valence-electron chi connectivity index (χ0n) is 15.3. The first-order valence-electron chi connectivity index (χ1n) is 9.14. The Kier molecular flexibility index (Phi) is 6.82. The number of amides is 2. The van der Waals surface area contributed by atoms with Crippen LogP contribution in [0.15, 0.2) is 24.3 Å². The summed E-state index contributed by atoms with van der Waals surface area (Å²) >= 11 is 0. The number of nitrogens with two attached hydrogens (primary N) is 1. The predicted octanol–water partition coefficient (Wildman–Crippen LogP) is 2.21. The molecule has 2 unspecified atom stereocenters. The van der Waals surface area contributed by atoms with E-state index in [0.717, 1.165) is 19.3 Å². The maximum absolute atomic E-state index is 12.8. The highest BCUT2D eigenvalue weighted by Crippen LogP contribution is 2.33. The third-order valence-electron chi connectivity index (χ3n) is 4.58. The van der Waals surface area contributed by atoms with Crippen molar-refractivity contribution in [3.63, 3.8) is 0 Å². The molecule has 1 heterocycles. The number of para-hydroxylation sites is 2. The Morgan fingerprint density at radius 3 is 2.60 bits per heavy atom. The van der Waals surface area contributed by atoms with E-state index >= 15 is 0 Å². The number of benzene rings is 1. The third kappa shape index (κ3) is 4.51. The van der Waals surface area contributed by atoms with Crippen molar-refractivity contribution in [2.45, 2.75) is 64.6 Å². The topological polar surface area (TPSA) is 84.7 Å². The minimum atomic E-state index is -0.728. The van der Waals surface area contributed by atoms with Crippen LogP contribution in [0.5, 0.6) is 5.75 Å². The number of hydrogen-bond acceptors (Lipinski definition) is 4. The zero-order chi connectivity index (χ0) is 18.4. The fraction of sp³-hybridized carbons (Fsp3) is 0.579. The fourth-order valence-corrected chi connectivity index (χ4v) is 3.00. The molecule has 2 amide bonds. The molecule has 1 aliphatic rings. The SMILES string of the molecule is CCCC(N)C(=O)N1CC(C(=O)NC(CC)CC)Oc2ccccc21. The summed E-state index contributed by atoms with van der Waals surface area (Å²) in [4.78, 5) is 27.0. The molecule has 2 rings (SSSR count). The number of ether oxygens (including phenoxy) is 1. The minimum Gasteiger partial charge on any atom is -0.477 e. The second kappa shape index (κ2) is 8.85. The van der Waals surface area contributed by atoms with Gasteiger partial charge in [0.25, 0.3) is 5.91 Å². The van der Waals surface area contributed by atoms with Gasteiger partial charge in [-0.3, -0.25) is 9.59 Å². The number of anilines is 1. The molecule has 0 radical (unpaired) electrons. The summed E-state index contributed by atoms with van der Waals surface area (Å²) in [7, 11) is 0. The van der Waals surface area contributed by atoms with E-state index in [1.165, 1.54) is 0 Å². The quantitative estimate of drug-likeness (QED) is 0.792. The van der Waals surface area contributed by atoms with Gasteiger partial charge in [-0.1, -0.05) is 39.3 Å². The van der Waals surface area contributed by atoms with Gasteiger partial charge in [0.2, 0.25) is 5.91 Å². The van der Waals surface area contributed by atoms with Crippen molar-refractivity contribution in [3.8, 4) is 5.75 Å². The van der Waals surface area contributed by atoms with E-state index in [1.807, 2.05) is 39.0 Å². The predicted molar refractivity (Wildman–Crippen MR) is 98.6 cm³/mol. The minimum absolute atomic E-state index is 0.111. The van der Waals surface area contributed by atoms with E-state index in [0.29, 0.717) is 17.9 Å². The maximum atomic E-state index is 12.8. The number of hydrogen-bond donors (Lipinski definition) is 2. The van der Waals surface area contributed by atoms with Crippen LogP contribution in [0.3, 0.4) is 0 Å². The van der Waals surface area contributed by atoms with Gasteiger partial charge in [-0.25, -0.2) is 0 Å². The van der Waals surface area contributed by atoms with Crippen LogP contribution < -0.4 is 20.7 Å². The fourth-order valence-electron chi connectivity index (χ4n) is 3.00. The number of nitrogens with one attached hydrogen (secondary N) is 1. The van der Waals surface area contributed by atoms with Crippen LogP contribution in [0.4, 0.5) is 5.69 Å². The lowest BCUT2D eigenvalue weighted by molar-refractivity contribution is -0.129. The van der Waals surface area contributed by atoms with Crippen LogP contribution in [0.2, 0.25) is 0 Å². The molecule has 0 spiro atoms. The van der Waals surface area contributed by atoms with Crippen LogP contribution in [0, 0.1) is 0 Å². The lowest BCUT2D eigenvalue weighted by Crippen LogP contribution is -2.55. The lowest BCUT2D eigenvalue weighted by Gasteiger charge is -2.35. The molecular weight excluding hydrogens is 318 g/mol. The largest absolute Gasteiger partial charge is 0.477 e. The van der Waals surface area contributed by atoms with Gasteiger partial charge in [0, 0.05) is 6.04 Å². The van der Waals surface area contributed by atoms with E-state index in [2.05, 4.69) is 5.32 Å². The highest BCUT2D eigenvalue weighted by atomic mass is 16.5. The van der Waals surface area contributed by atoms with E-state index in [9.17, 15) is 9.59 Å². The monoisotopic (exact) mass is 347 g/mol. The molecule has 6 nitrogen and oxygen atoms in total. The maximum Gasteiger partial charge on any atom is 0.263 e. The van der Waals surface area contributed by atoms with Gasteiger partial charge in [-0.05, 0) is 31.4 Å². The molecule has 0 saturated carbocycles. The van der Waals surface area contributed by atoms with Crippen molar-refractivity contribution < 1.29 is 14.3 Å². The van der Waals surface area contributed by atoms with Crippen LogP contribution in [0.25, 0.3) is 0 Å². The number of rotatable bonds is 7. The summed E-state index contributed by atoms with van der Waals surface area (Å²) in [6.07, 6.45) is 2.43. The van der Waals surface area contributed by atoms with E-state index in [1.54, 1.807) is 11.0 Å². The molecule has 0 saturated heterocycles. The van der Waals surface area contributed by atoms with Crippen LogP contribution in [0.1, 0.15) is 46.5 Å². The number of nitrogens with zero attached hydrogens (tertiary/aromatic N) is 1. The van der Waals surface area contributed by atoms with E-state index in [-0.39, 0.29) is 24.4 Å². The molecule has 2 atom stereocenters. The Labute approximate surface area is 149 Å². The standard InChI is InChI=1S/C19H29N3O3/c1-4-9-14(20)19(24)22-12-17(18(23)21-13(5-2)6-3)25-16-11-8-7-10-15(16)22/h7-8,10-11,13-14,17H,4-6,9,12,20H2,1-3H3,(H,21,23). The van der Waals surface area contributed by atoms with Gasteiger partial charge in [0.15, 0.2) is 6.10 Å². The Balaban J connectivity index is 2.22. The molecule has 25 heavy (non-hydrogen) atoms. The average Bonchev–Trinajstić information content (AvgIpc) is 2.64. The zero-order valence-corrected chi connectivity index (χ0v) is 15.3. The summed E-state index contributed by atoms with van der Waals surface area (Å²) in [5.74, 6) is 0.179. The molecule has 6 heteroatoms. The number of carbonyl (C=O) groups is 2. The Morgan fingerprint density at radius 2 is 1.96 bits per heavy atom. The van der Waals surface area contributed by atoms with Crippen molar-refractivity contribution in [2.24, 2.45) is 5.73 Å². The van der Waals surface area contributed by atoms with Gasteiger partial charge in [0.05, 0.1) is 18.3 Å². The molecule has 0 bridgehead atoms. The highest BCUT2D eigenvalue weighted by Gasteiger charge is 2.35. The molecule has 1 aromatic carbocycles. The Hall–Kier alpha value is -2.08. The summed E-state index contributed by atoms with van der Waals surface area (Å²) in [5, 5.41) is 3.00. The molecule has 138 valence electrons. The van der Waals surface area contributed by atoms with Crippen molar-refractivity contribution >= 4 is 17.5 Å². The first-order valence-corrected chi connectivity index (χ1v) is 9.14. The van der Waals surface area contributed by atoms with E-state index in [4.69, 9.17) is 10.5 Å². The molecular formula is C19H29N3O3. The summed E-state index contributed by atoms with van der Waals surface area (Å²) in [6.45, 7) is 6.24. The van der Waals surface area contributed by atoms with Crippen LogP contribution in [-0.4, -0.2) is 36.5 Å². The second-order valence-corrected chi connectivity index (χ2v) is 6.44. The molecule has 0 aromatic heterocycles. The van der Waals surface area contributed by atoms with Crippen LogP contribution in [-0.2, 0) is 9.59 Å². The van der Waals surface area contributed by atoms with Gasteiger partial charge in [-0.15, -0.1) is 0 Å². The van der Waals surface area contributed by atoms with Crippen molar-refractivity contribution in [3.05, 3.63) is 24.3 Å². The van der Waals surface area contributed by atoms with Gasteiger partial charge < -0.3 is 20.7 Å². The molecule has 1 aliphatic heterocycles. The van der Waals surface area contributed by atoms with Gasteiger partial charge >= 0.3 is 0 Å². The smallest absolute Gasteiger partial charge is 0.263 e. The average molecular weight is 347 g/mol. The summed E-state index contributed by atoms with van der Waals surface area (Å²) in [5.41, 5.74) is 6.70. The van der Waals surface area contributed by atoms with Gasteiger partial charge in [0.1, 0.15) is 5.75 Å². The highest BCUT2D eigenvalue weighted by molar-refractivity contribution is 6.00. The molecule has 0 fully saturated rings. The van der Waals surface area contributed by atoms with E-state index < -0.39 is 12.1 Å². The number of fused-ring (bicyclic) bond motifs is 1. The summed E-state index contributed by atoms with van der Waals surface area (Å²) in [6, 6.07) is 6.81. The second-order valence-electron chi connectivity index (χ2n) is 6.44. The third-order valence-corrected chi connectivity index (χ3v) is 4.58. The molecule has 1 aromatic rings. The molecule has 0 aliphatic carbocycles. The number of carbonyl (C=O) groups excluding carboxylic acids is 2. The van der Waals surface area contributed by atoms with Gasteiger partial charge in [-0.2, -0.15) is 0 Å². The summed E-state index contributed by atoms with van der Waals surface area (Å²) < 4.78 is 5.86. The van der Waals surface area contributed by atoms with Crippen molar-refractivity contribution in [1.29, 1.82) is 0 Å². The van der Waals surface area contributed by atoms with Crippen LogP contribution >= 0.6 is 0 Å². The molecule has 3 N–H and O–H groups in total. The van der Waals surface area contributed by atoms with Crippen molar-refractivity contribution in [2.75, 3.05) is 11.4 Å². The Bertz CT molecular complexity index is 601. The first kappa shape index (κ1) is 19.2. The lowest BCUT2D eigenvalue weighted by atomic mass is 10.1. The Morgan fingerprint density at radius 1 is 1.28 bits per heavy atom. The normalized spacial score (nSPS) is 17.6. The first-order chi connectivity index (χ1) is 12.0. The van der Waals surface area contributed by atoms with Crippen molar-refractivity contribution in [1.82, 2.24) is 5.32 Å².